The Kier molecular flexibility index (Phi) is 2.53. The van der Waals surface area contributed by atoms with E-state index in [1.165, 1.54) is 0 Å². The van der Waals surface area contributed by atoms with Gasteiger partial charge in [-0.15, -0.1) is 12.3 Å². The van der Waals surface area contributed by atoms with Gasteiger partial charge in [0.05, 0.1) is 5.92 Å². The summed E-state index contributed by atoms with van der Waals surface area (Å²) in [6, 6.07) is 0. The maximum atomic E-state index is 10.5. The summed E-state index contributed by atoms with van der Waals surface area (Å²) in [6.07, 6.45) is 8.56. The van der Waals surface area contributed by atoms with Crippen LogP contribution in [-0.4, -0.2) is 11.1 Å². The highest BCUT2D eigenvalue weighted by atomic mass is 16.4. The van der Waals surface area contributed by atoms with Crippen molar-refractivity contribution in [3.63, 3.8) is 0 Å². The van der Waals surface area contributed by atoms with E-state index in [1.807, 2.05) is 0 Å². The molecule has 0 heterocycles. The molecule has 2 heteroatoms. The summed E-state index contributed by atoms with van der Waals surface area (Å²) in [6.45, 7) is 0. The zero-order chi connectivity index (χ0) is 8.27. The molecule has 2 unspecified atom stereocenters. The minimum atomic E-state index is -0.654. The average Bonchev–Trinajstić information content (AvgIpc) is 1.84. The summed E-state index contributed by atoms with van der Waals surface area (Å²) < 4.78 is 0. The Morgan fingerprint density at radius 3 is 2.73 bits per heavy atom. The fourth-order valence-electron chi connectivity index (χ4n) is 1.51. The van der Waals surface area contributed by atoms with Gasteiger partial charge in [-0.25, -0.2) is 0 Å². The monoisotopic (exact) mass is 152 g/mol. The molecule has 2 atom stereocenters. The minimum Gasteiger partial charge on any atom is -0.481 e. The lowest BCUT2D eigenvalue weighted by Crippen LogP contribution is -2.32. The fourth-order valence-corrected chi connectivity index (χ4v) is 1.51. The molecular formula is C9H12O2. The topological polar surface area (TPSA) is 37.3 Å². The van der Waals surface area contributed by atoms with Crippen molar-refractivity contribution in [2.45, 2.75) is 25.7 Å². The molecule has 1 aliphatic rings. The van der Waals surface area contributed by atoms with Gasteiger partial charge in [-0.3, -0.25) is 4.79 Å². The fraction of sp³-hybridized carbons (Fsp3) is 0.667. The Hall–Kier alpha value is -0.970. The Balaban J connectivity index is 2.27. The summed E-state index contributed by atoms with van der Waals surface area (Å²) in [4.78, 5) is 10.5. The van der Waals surface area contributed by atoms with Crippen LogP contribution in [0.1, 0.15) is 25.7 Å². The third kappa shape index (κ3) is 1.74. The number of hydrogen-bond acceptors (Lipinski definition) is 1. The van der Waals surface area contributed by atoms with Crippen molar-refractivity contribution in [2.75, 3.05) is 0 Å². The van der Waals surface area contributed by atoms with Crippen LogP contribution in [0.25, 0.3) is 0 Å². The summed E-state index contributed by atoms with van der Waals surface area (Å²) in [5, 5.41) is 8.65. The predicted molar refractivity (Wildman–Crippen MR) is 41.9 cm³/mol. The Morgan fingerprint density at radius 1 is 1.64 bits per heavy atom. The van der Waals surface area contributed by atoms with Gasteiger partial charge in [0.15, 0.2) is 0 Å². The number of hydrogen-bond donors (Lipinski definition) is 1. The lowest BCUT2D eigenvalue weighted by molar-refractivity contribution is -0.147. The molecule has 1 N–H and O–H groups in total. The van der Waals surface area contributed by atoms with Crippen LogP contribution in [0.3, 0.4) is 0 Å². The van der Waals surface area contributed by atoms with E-state index in [4.69, 9.17) is 11.5 Å². The molecule has 1 aliphatic carbocycles. The highest BCUT2D eigenvalue weighted by molar-refractivity contribution is 5.71. The molecule has 1 fully saturated rings. The highest BCUT2D eigenvalue weighted by Crippen LogP contribution is 2.37. The van der Waals surface area contributed by atoms with E-state index in [-0.39, 0.29) is 5.92 Å². The van der Waals surface area contributed by atoms with Crippen molar-refractivity contribution >= 4 is 5.97 Å². The molecule has 1 saturated carbocycles. The molecule has 0 aromatic rings. The second-order valence-electron chi connectivity index (χ2n) is 3.02. The van der Waals surface area contributed by atoms with Gasteiger partial charge >= 0.3 is 5.97 Å². The molecule has 1 rings (SSSR count). The molecule has 0 aromatic carbocycles. The van der Waals surface area contributed by atoms with Crippen molar-refractivity contribution < 1.29 is 9.90 Å². The number of rotatable bonds is 3. The smallest absolute Gasteiger partial charge is 0.306 e. The zero-order valence-corrected chi connectivity index (χ0v) is 6.42. The van der Waals surface area contributed by atoms with Crippen LogP contribution >= 0.6 is 0 Å². The summed E-state index contributed by atoms with van der Waals surface area (Å²) in [7, 11) is 0. The first-order chi connectivity index (χ1) is 5.25. The van der Waals surface area contributed by atoms with E-state index >= 15 is 0 Å². The van der Waals surface area contributed by atoms with Crippen LogP contribution in [0.4, 0.5) is 0 Å². The molecule has 0 bridgehead atoms. The van der Waals surface area contributed by atoms with Crippen LogP contribution in [0.2, 0.25) is 0 Å². The van der Waals surface area contributed by atoms with E-state index in [1.54, 1.807) is 0 Å². The van der Waals surface area contributed by atoms with Crippen LogP contribution in [-0.2, 0) is 4.79 Å². The van der Waals surface area contributed by atoms with Crippen molar-refractivity contribution in [1.29, 1.82) is 0 Å². The molecule has 0 aromatic heterocycles. The van der Waals surface area contributed by atoms with Gasteiger partial charge in [-0.1, -0.05) is 0 Å². The number of carboxylic acids is 1. The molecule has 11 heavy (non-hydrogen) atoms. The van der Waals surface area contributed by atoms with E-state index in [0.717, 1.165) is 19.3 Å². The highest BCUT2D eigenvalue weighted by Gasteiger charge is 2.35. The quantitative estimate of drug-likeness (QED) is 0.622. The predicted octanol–water partition coefficient (Wildman–Crippen LogP) is 1.51. The van der Waals surface area contributed by atoms with Gasteiger partial charge in [0.2, 0.25) is 0 Å². The lowest BCUT2D eigenvalue weighted by atomic mass is 9.71. The van der Waals surface area contributed by atoms with Crippen molar-refractivity contribution in [3.8, 4) is 12.3 Å². The van der Waals surface area contributed by atoms with Gasteiger partial charge in [-0.05, 0) is 25.2 Å². The van der Waals surface area contributed by atoms with E-state index in [0.29, 0.717) is 12.3 Å². The molecule has 0 saturated heterocycles. The molecule has 2 nitrogen and oxygen atoms in total. The van der Waals surface area contributed by atoms with E-state index < -0.39 is 5.97 Å². The average molecular weight is 152 g/mol. The maximum absolute atomic E-state index is 10.5. The van der Waals surface area contributed by atoms with Gasteiger partial charge in [0.1, 0.15) is 0 Å². The van der Waals surface area contributed by atoms with Gasteiger partial charge in [-0.2, -0.15) is 0 Å². The second kappa shape index (κ2) is 3.43. The number of aliphatic carboxylic acids is 1. The molecule has 0 amide bonds. The Morgan fingerprint density at radius 2 is 2.36 bits per heavy atom. The van der Waals surface area contributed by atoms with Gasteiger partial charge < -0.3 is 5.11 Å². The van der Waals surface area contributed by atoms with Crippen LogP contribution in [0.5, 0.6) is 0 Å². The first-order valence-corrected chi connectivity index (χ1v) is 3.92. The standard InChI is InChI=1S/C9H12O2/c1-2-3-4-7-5-6-8(7)9(10)11/h1,7-8H,3-6H2,(H,10,11). The van der Waals surface area contributed by atoms with Crippen LogP contribution < -0.4 is 0 Å². The minimum absolute atomic E-state index is 0.108. The van der Waals surface area contributed by atoms with Crippen LogP contribution in [0.15, 0.2) is 0 Å². The zero-order valence-electron chi connectivity index (χ0n) is 6.42. The third-order valence-electron chi connectivity index (χ3n) is 2.39. The number of terminal acetylenes is 1. The van der Waals surface area contributed by atoms with Crippen molar-refractivity contribution in [1.82, 2.24) is 0 Å². The second-order valence-corrected chi connectivity index (χ2v) is 3.02. The van der Waals surface area contributed by atoms with Crippen molar-refractivity contribution in [2.24, 2.45) is 11.8 Å². The maximum Gasteiger partial charge on any atom is 0.306 e. The molecule has 0 aliphatic heterocycles. The number of carbonyl (C=O) groups is 1. The van der Waals surface area contributed by atoms with Gasteiger partial charge in [0.25, 0.3) is 0 Å². The SMILES string of the molecule is C#CCCC1CCC1C(=O)O. The Bertz CT molecular complexity index is 190. The first kappa shape index (κ1) is 8.13. The molecule has 60 valence electrons. The van der Waals surface area contributed by atoms with Gasteiger partial charge in [0, 0.05) is 6.42 Å². The third-order valence-corrected chi connectivity index (χ3v) is 2.39. The van der Waals surface area contributed by atoms with Crippen molar-refractivity contribution in [3.05, 3.63) is 0 Å². The lowest BCUT2D eigenvalue weighted by Gasteiger charge is -2.32. The molecule has 0 radical (unpaired) electrons. The largest absolute Gasteiger partial charge is 0.481 e. The molecule has 0 spiro atoms. The van der Waals surface area contributed by atoms with Crippen LogP contribution in [0, 0.1) is 24.2 Å². The summed E-state index contributed by atoms with van der Waals surface area (Å²) in [5.41, 5.74) is 0. The Labute approximate surface area is 66.6 Å². The molecular weight excluding hydrogens is 140 g/mol. The first-order valence-electron chi connectivity index (χ1n) is 3.92. The number of carboxylic acid groups (broad SMARTS) is 1. The van der Waals surface area contributed by atoms with E-state index in [2.05, 4.69) is 5.92 Å². The normalized spacial score (nSPS) is 28.6. The van der Waals surface area contributed by atoms with E-state index in [9.17, 15) is 4.79 Å². The summed E-state index contributed by atoms with van der Waals surface area (Å²) >= 11 is 0. The summed E-state index contributed by atoms with van der Waals surface area (Å²) in [5.74, 6) is 2.12.